The van der Waals surface area contributed by atoms with Crippen LogP contribution in [0, 0.1) is 38.2 Å². The van der Waals surface area contributed by atoms with Crippen molar-refractivity contribution in [2.45, 2.75) is 107 Å². The third-order valence-electron chi connectivity index (χ3n) is 11.9. The zero-order chi connectivity index (χ0) is 50.0. The maximum absolute atomic E-state index is 8.79. The SMILES string of the molecule is Cc1cc2oc3c[c-]c(-c4nc5ccccc5n4-c4c(C(C)C)cc(-c5ccccc5)cc4C(C)C)cc3c2cc1C.[2H]C([2H])([2H])c1c[c-]c(-c2cc(C([2H])([2H])C(C)(C)C)c([Si](C)(C)C)cn2)cc1.[Ir]. The summed E-state index contributed by atoms with van der Waals surface area (Å²) in [5, 5.41) is 3.22. The molecule has 0 bridgehead atoms. The van der Waals surface area contributed by atoms with E-state index in [1.165, 1.54) is 45.1 Å². The maximum Gasteiger partial charge on any atom is 0.121 e. The number of benzene rings is 6. The molecule has 3 heterocycles. The Morgan fingerprint density at radius 1 is 0.738 bits per heavy atom. The van der Waals surface area contributed by atoms with Gasteiger partial charge in [0.2, 0.25) is 0 Å². The minimum Gasteiger partial charge on any atom is -0.500 e. The predicted molar refractivity (Wildman–Crippen MR) is 275 cm³/mol. The first-order valence-corrected chi connectivity index (χ1v) is 26.0. The summed E-state index contributed by atoms with van der Waals surface area (Å²) in [4.78, 5) is 9.80. The van der Waals surface area contributed by atoms with Gasteiger partial charge in [-0.05, 0) is 118 Å². The second-order valence-electron chi connectivity index (χ2n) is 19.8. The number of fused-ring (bicyclic) bond motifs is 4. The van der Waals surface area contributed by atoms with Crippen molar-refractivity contribution in [1.29, 1.82) is 0 Å². The van der Waals surface area contributed by atoms with E-state index in [-0.39, 0.29) is 25.7 Å². The van der Waals surface area contributed by atoms with E-state index in [9.17, 15) is 0 Å². The summed E-state index contributed by atoms with van der Waals surface area (Å²) in [6, 6.07) is 45.6. The molecule has 335 valence electrons. The summed E-state index contributed by atoms with van der Waals surface area (Å²) >= 11 is 0. The number of hydrogen-bond acceptors (Lipinski definition) is 3. The van der Waals surface area contributed by atoms with Crippen LogP contribution in [-0.2, 0) is 26.5 Å². The van der Waals surface area contributed by atoms with E-state index < -0.39 is 26.7 Å². The molecule has 0 aliphatic heterocycles. The number of pyridine rings is 1. The van der Waals surface area contributed by atoms with E-state index in [2.05, 4.69) is 168 Å². The average molecular weight is 1060 g/mol. The Morgan fingerprint density at radius 2 is 1.38 bits per heavy atom. The summed E-state index contributed by atoms with van der Waals surface area (Å²) in [6.45, 7) is 23.5. The largest absolute Gasteiger partial charge is 0.500 e. The molecule has 0 saturated carbocycles. The summed E-state index contributed by atoms with van der Waals surface area (Å²) < 4.78 is 48.7. The fourth-order valence-electron chi connectivity index (χ4n) is 8.45. The van der Waals surface area contributed by atoms with Gasteiger partial charge in [-0.25, -0.2) is 0 Å². The Morgan fingerprint density at radius 3 is 2.02 bits per heavy atom. The van der Waals surface area contributed by atoms with Crippen LogP contribution in [0.15, 0.2) is 126 Å². The second kappa shape index (κ2) is 18.8. The maximum atomic E-state index is 8.79. The molecule has 0 fully saturated rings. The van der Waals surface area contributed by atoms with Crippen LogP contribution in [0.4, 0.5) is 0 Å². The third kappa shape index (κ3) is 10.1. The molecule has 0 aliphatic carbocycles. The number of rotatable bonds is 8. The Labute approximate surface area is 409 Å². The van der Waals surface area contributed by atoms with Gasteiger partial charge >= 0.3 is 0 Å². The van der Waals surface area contributed by atoms with Gasteiger partial charge in [0.15, 0.2) is 0 Å². The first-order chi connectivity index (χ1) is 32.3. The van der Waals surface area contributed by atoms with Crippen LogP contribution in [0.3, 0.4) is 0 Å². The van der Waals surface area contributed by atoms with Crippen LogP contribution < -0.4 is 5.19 Å². The molecule has 0 aliphatic rings. The number of aromatic nitrogens is 3. The zero-order valence-corrected chi connectivity index (χ0v) is 43.2. The topological polar surface area (TPSA) is 43.9 Å². The van der Waals surface area contributed by atoms with Gasteiger partial charge in [-0.1, -0.05) is 134 Å². The van der Waals surface area contributed by atoms with Gasteiger partial charge < -0.3 is 14.0 Å². The van der Waals surface area contributed by atoms with Gasteiger partial charge in [-0.3, -0.25) is 4.98 Å². The number of furan rings is 1. The van der Waals surface area contributed by atoms with Crippen LogP contribution in [0.2, 0.25) is 19.6 Å². The van der Waals surface area contributed by atoms with Gasteiger partial charge in [0, 0.05) is 44.2 Å². The Hall–Kier alpha value is -5.39. The minimum absolute atomic E-state index is 0. The van der Waals surface area contributed by atoms with Crippen LogP contribution in [0.25, 0.3) is 72.4 Å². The smallest absolute Gasteiger partial charge is 0.121 e. The van der Waals surface area contributed by atoms with Crippen molar-refractivity contribution in [1.82, 2.24) is 14.5 Å². The molecule has 0 atom stereocenters. The van der Waals surface area contributed by atoms with Crippen molar-refractivity contribution >= 4 is 46.2 Å². The zero-order valence-electron chi connectivity index (χ0n) is 44.8. The molecule has 6 heteroatoms. The van der Waals surface area contributed by atoms with Crippen molar-refractivity contribution in [2.24, 2.45) is 5.41 Å². The monoisotopic (exact) mass is 1060 g/mol. The molecule has 0 spiro atoms. The summed E-state index contributed by atoms with van der Waals surface area (Å²) in [5.41, 5.74) is 15.2. The molecule has 9 rings (SSSR count). The molecule has 0 N–H and O–H groups in total. The molecular formula is C59H63IrN3OSi-2. The van der Waals surface area contributed by atoms with E-state index in [1.807, 2.05) is 32.9 Å². The fraction of sp³-hybridized carbons (Fsp3) is 0.288. The summed E-state index contributed by atoms with van der Waals surface area (Å²) in [7, 11) is -1.81. The molecule has 6 aromatic carbocycles. The van der Waals surface area contributed by atoms with E-state index in [1.54, 1.807) is 18.3 Å². The van der Waals surface area contributed by atoms with Crippen molar-refractivity contribution in [3.8, 4) is 39.5 Å². The Bertz CT molecular complexity index is 3310. The third-order valence-corrected chi connectivity index (χ3v) is 13.9. The van der Waals surface area contributed by atoms with Crippen LogP contribution in [-0.4, -0.2) is 22.6 Å². The number of nitrogens with zero attached hydrogens (tertiary/aromatic N) is 3. The van der Waals surface area contributed by atoms with Crippen molar-refractivity contribution in [3.63, 3.8) is 0 Å². The molecule has 4 nitrogen and oxygen atoms in total. The van der Waals surface area contributed by atoms with Crippen LogP contribution >= 0.6 is 0 Å². The predicted octanol–water partition coefficient (Wildman–Crippen LogP) is 15.9. The van der Waals surface area contributed by atoms with E-state index >= 15 is 0 Å². The molecule has 9 aromatic rings. The van der Waals surface area contributed by atoms with E-state index in [0.717, 1.165) is 49.5 Å². The van der Waals surface area contributed by atoms with Crippen molar-refractivity contribution in [3.05, 3.63) is 167 Å². The molecule has 0 unspecified atom stereocenters. The summed E-state index contributed by atoms with van der Waals surface area (Å²) in [5.74, 6) is 1.52. The quantitative estimate of drug-likeness (QED) is 0.113. The average Bonchev–Trinajstić information content (AvgIpc) is 3.85. The van der Waals surface area contributed by atoms with E-state index in [4.69, 9.17) is 16.3 Å². The number of imidazole rings is 1. The van der Waals surface area contributed by atoms with Gasteiger partial charge in [-0.2, -0.15) is 0 Å². The van der Waals surface area contributed by atoms with Crippen molar-refractivity contribution < 1.29 is 31.4 Å². The molecule has 0 amide bonds. The number of aryl methyl sites for hydroxylation is 3. The van der Waals surface area contributed by atoms with Gasteiger partial charge in [-0.15, -0.1) is 59.2 Å². The van der Waals surface area contributed by atoms with Crippen LogP contribution in [0.1, 0.15) is 101 Å². The van der Waals surface area contributed by atoms with Crippen molar-refractivity contribution in [2.75, 3.05) is 0 Å². The van der Waals surface area contributed by atoms with E-state index in [0.29, 0.717) is 28.7 Å². The van der Waals surface area contributed by atoms with Gasteiger partial charge in [0.25, 0.3) is 0 Å². The molecule has 0 saturated heterocycles. The second-order valence-corrected chi connectivity index (χ2v) is 24.9. The first kappa shape index (κ1) is 41.1. The molecular weight excluding hydrogens is 987 g/mol. The number of hydrogen-bond donors (Lipinski definition) is 0. The standard InChI is InChI=1S/C39H35N2O.C20H28NSi.Ir/c1-23(2)30-21-29(27-12-8-7-9-13-27)22-31(24(3)4)38(30)41-35-15-11-10-14-34(35)40-39(41)28-16-17-36-33(20-28)32-18-25(5)26(6)19-37(32)42-36;1-15-8-10-16(11-9-15)18-12-17(13-20(2,3)4)19(14-21-18)22(5,6)7;/h7-15,17-24H,1-6H3;8-10,12,14H,13H2,1-7H3;/q2*-1;/i;1D3,13D2;. The molecule has 1 radical (unpaired) electrons. The Kier molecular flexibility index (Phi) is 11.9. The van der Waals surface area contributed by atoms with Gasteiger partial charge in [0.05, 0.1) is 30.5 Å². The fourth-order valence-corrected chi connectivity index (χ4v) is 9.84. The molecule has 3 aromatic heterocycles. The number of para-hydroxylation sites is 2. The van der Waals surface area contributed by atoms with Crippen LogP contribution in [0.5, 0.6) is 0 Å². The normalized spacial score (nSPS) is 13.5. The first-order valence-electron chi connectivity index (χ1n) is 25.0. The minimum atomic E-state index is -2.17. The Balaban J connectivity index is 0.000000225. The summed E-state index contributed by atoms with van der Waals surface area (Å²) in [6.07, 6.45) is 0.269. The molecule has 65 heavy (non-hydrogen) atoms. The van der Waals surface area contributed by atoms with Gasteiger partial charge in [0.1, 0.15) is 5.58 Å².